The van der Waals surface area contributed by atoms with Gasteiger partial charge in [0.15, 0.2) is 5.78 Å². The molecule has 7 nitrogen and oxygen atoms in total. The summed E-state index contributed by atoms with van der Waals surface area (Å²) in [6, 6.07) is 13.1. The molecule has 7 heteroatoms. The van der Waals surface area contributed by atoms with Crippen LogP contribution >= 0.6 is 0 Å². The van der Waals surface area contributed by atoms with E-state index in [1.54, 1.807) is 25.1 Å². The highest BCUT2D eigenvalue weighted by molar-refractivity contribution is 6.10. The molecule has 0 saturated heterocycles. The standard InChI is InChI=1S/C21H14N2O5/c1-12-6-7-18(24)16(8-12)19(25)14-9-13(10-22)20(26)23(11-14)17-5-3-2-4-15(17)21(27)28/h2-9,11,24H,1H3,(H,27,28). The molecule has 0 aliphatic heterocycles. The number of nitrogens with zero attached hydrogens (tertiary/aromatic N) is 2. The number of hydrogen-bond donors (Lipinski definition) is 2. The summed E-state index contributed by atoms with van der Waals surface area (Å²) in [5, 5.41) is 28.7. The molecule has 0 saturated carbocycles. The van der Waals surface area contributed by atoms with Crippen LogP contribution in [0.1, 0.15) is 37.4 Å². The molecule has 0 radical (unpaired) electrons. The number of carbonyl (C=O) groups excluding carboxylic acids is 1. The van der Waals surface area contributed by atoms with Crippen molar-refractivity contribution in [3.63, 3.8) is 0 Å². The third-order valence-electron chi connectivity index (χ3n) is 4.19. The Morgan fingerprint density at radius 1 is 1.07 bits per heavy atom. The molecule has 0 aliphatic rings. The fourth-order valence-corrected chi connectivity index (χ4v) is 2.82. The number of carboxylic acids is 1. The topological polar surface area (TPSA) is 120 Å². The maximum atomic E-state index is 12.9. The number of aromatic carboxylic acids is 1. The quantitative estimate of drug-likeness (QED) is 0.677. The van der Waals surface area contributed by atoms with E-state index in [0.717, 1.165) is 16.2 Å². The fourth-order valence-electron chi connectivity index (χ4n) is 2.82. The van der Waals surface area contributed by atoms with Crippen molar-refractivity contribution in [2.45, 2.75) is 6.92 Å². The number of carboxylic acid groups (broad SMARTS) is 1. The predicted molar refractivity (Wildman–Crippen MR) is 100.0 cm³/mol. The molecule has 138 valence electrons. The summed E-state index contributed by atoms with van der Waals surface area (Å²) in [5.74, 6) is -2.09. The van der Waals surface area contributed by atoms with Gasteiger partial charge in [-0.05, 0) is 37.3 Å². The monoisotopic (exact) mass is 374 g/mol. The highest BCUT2D eigenvalue weighted by Crippen LogP contribution is 2.23. The van der Waals surface area contributed by atoms with Crippen molar-refractivity contribution in [1.82, 2.24) is 4.57 Å². The number of hydrogen-bond acceptors (Lipinski definition) is 5. The Kier molecular flexibility index (Phi) is 4.79. The van der Waals surface area contributed by atoms with E-state index in [9.17, 15) is 29.9 Å². The molecule has 28 heavy (non-hydrogen) atoms. The van der Waals surface area contributed by atoms with Gasteiger partial charge in [-0.15, -0.1) is 0 Å². The Labute approximate surface area is 159 Å². The van der Waals surface area contributed by atoms with Gasteiger partial charge in [-0.25, -0.2) is 4.79 Å². The summed E-state index contributed by atoms with van der Waals surface area (Å²) in [6.07, 6.45) is 1.18. The normalized spacial score (nSPS) is 10.3. The van der Waals surface area contributed by atoms with E-state index in [1.807, 2.05) is 0 Å². The van der Waals surface area contributed by atoms with Gasteiger partial charge < -0.3 is 10.2 Å². The number of pyridine rings is 1. The van der Waals surface area contributed by atoms with Crippen LogP contribution in [0.2, 0.25) is 0 Å². The number of phenolic OH excluding ortho intramolecular Hbond substituents is 1. The average Bonchev–Trinajstić information content (AvgIpc) is 2.69. The van der Waals surface area contributed by atoms with Gasteiger partial charge in [0, 0.05) is 11.8 Å². The second-order valence-corrected chi connectivity index (χ2v) is 6.10. The number of aryl methyl sites for hydroxylation is 1. The molecule has 0 aliphatic carbocycles. The first kappa shape index (κ1) is 18.6. The number of carbonyl (C=O) groups is 2. The van der Waals surface area contributed by atoms with Crippen LogP contribution in [0.15, 0.2) is 59.5 Å². The molecule has 3 aromatic rings. The number of phenols is 1. The van der Waals surface area contributed by atoms with Crippen LogP contribution in [0.3, 0.4) is 0 Å². The number of benzene rings is 2. The second kappa shape index (κ2) is 7.21. The Hall–Kier alpha value is -4.18. The summed E-state index contributed by atoms with van der Waals surface area (Å²) in [5.41, 5.74) is -0.473. The molecule has 0 amide bonds. The predicted octanol–water partition coefficient (Wildman–Crippen LogP) is 2.65. The maximum absolute atomic E-state index is 12.9. The van der Waals surface area contributed by atoms with Gasteiger partial charge in [-0.1, -0.05) is 23.8 Å². The Morgan fingerprint density at radius 3 is 2.46 bits per heavy atom. The van der Waals surface area contributed by atoms with E-state index >= 15 is 0 Å². The maximum Gasteiger partial charge on any atom is 0.337 e. The number of rotatable bonds is 4. The Morgan fingerprint density at radius 2 is 1.79 bits per heavy atom. The molecule has 2 N–H and O–H groups in total. The summed E-state index contributed by atoms with van der Waals surface area (Å²) >= 11 is 0. The summed E-state index contributed by atoms with van der Waals surface area (Å²) < 4.78 is 0.960. The van der Waals surface area contributed by atoms with Crippen LogP contribution in [0, 0.1) is 18.3 Å². The minimum absolute atomic E-state index is 0.0145. The molecular weight excluding hydrogens is 360 g/mol. The fraction of sp³-hybridized carbons (Fsp3) is 0.0476. The first-order valence-corrected chi connectivity index (χ1v) is 8.17. The number of aromatic hydroxyl groups is 1. The van der Waals surface area contributed by atoms with Crippen molar-refractivity contribution in [2.75, 3.05) is 0 Å². The lowest BCUT2D eigenvalue weighted by molar-refractivity contribution is 0.0696. The molecule has 0 unspecified atom stereocenters. The lowest BCUT2D eigenvalue weighted by Gasteiger charge is -2.12. The molecule has 0 fully saturated rings. The van der Waals surface area contributed by atoms with E-state index < -0.39 is 17.3 Å². The van der Waals surface area contributed by atoms with Crippen LogP contribution in [-0.4, -0.2) is 26.5 Å². The molecule has 1 aromatic heterocycles. The first-order chi connectivity index (χ1) is 13.3. The highest BCUT2D eigenvalue weighted by atomic mass is 16.4. The molecule has 0 spiro atoms. The van der Waals surface area contributed by atoms with Crippen molar-refractivity contribution in [3.8, 4) is 17.5 Å². The minimum Gasteiger partial charge on any atom is -0.507 e. The van der Waals surface area contributed by atoms with Gasteiger partial charge in [0.1, 0.15) is 17.4 Å². The van der Waals surface area contributed by atoms with Crippen LogP contribution in [0.25, 0.3) is 5.69 Å². The zero-order valence-electron chi connectivity index (χ0n) is 14.7. The van der Waals surface area contributed by atoms with E-state index in [-0.39, 0.29) is 33.7 Å². The van der Waals surface area contributed by atoms with E-state index in [1.165, 1.54) is 36.5 Å². The van der Waals surface area contributed by atoms with E-state index in [0.29, 0.717) is 0 Å². The third kappa shape index (κ3) is 3.27. The number of para-hydroxylation sites is 1. The van der Waals surface area contributed by atoms with Crippen molar-refractivity contribution >= 4 is 11.8 Å². The van der Waals surface area contributed by atoms with Gasteiger partial charge >= 0.3 is 5.97 Å². The van der Waals surface area contributed by atoms with E-state index in [2.05, 4.69) is 0 Å². The van der Waals surface area contributed by atoms with Gasteiger partial charge in [0.2, 0.25) is 0 Å². The van der Waals surface area contributed by atoms with Crippen molar-refractivity contribution in [1.29, 1.82) is 5.26 Å². The summed E-state index contributed by atoms with van der Waals surface area (Å²) in [4.78, 5) is 37.0. The number of ketones is 1. The molecule has 0 atom stereocenters. The summed E-state index contributed by atoms with van der Waals surface area (Å²) in [6.45, 7) is 1.75. The molecule has 0 bridgehead atoms. The van der Waals surface area contributed by atoms with Crippen molar-refractivity contribution < 1.29 is 19.8 Å². The van der Waals surface area contributed by atoms with Crippen LogP contribution < -0.4 is 5.56 Å². The van der Waals surface area contributed by atoms with Crippen molar-refractivity contribution in [2.24, 2.45) is 0 Å². The van der Waals surface area contributed by atoms with Crippen LogP contribution in [0.4, 0.5) is 0 Å². The zero-order chi connectivity index (χ0) is 20.4. The summed E-state index contributed by atoms with van der Waals surface area (Å²) in [7, 11) is 0. The van der Waals surface area contributed by atoms with Gasteiger partial charge in [0.25, 0.3) is 5.56 Å². The third-order valence-corrected chi connectivity index (χ3v) is 4.19. The molecule has 2 aromatic carbocycles. The average molecular weight is 374 g/mol. The molecule has 3 rings (SSSR count). The zero-order valence-corrected chi connectivity index (χ0v) is 14.7. The number of aromatic nitrogens is 1. The Balaban J connectivity index is 2.27. The number of nitriles is 1. The highest BCUT2D eigenvalue weighted by Gasteiger charge is 2.20. The molecular formula is C21H14N2O5. The van der Waals surface area contributed by atoms with Crippen LogP contribution in [-0.2, 0) is 0 Å². The van der Waals surface area contributed by atoms with Gasteiger partial charge in [-0.2, -0.15) is 5.26 Å². The second-order valence-electron chi connectivity index (χ2n) is 6.10. The van der Waals surface area contributed by atoms with Gasteiger partial charge in [0.05, 0.1) is 16.8 Å². The van der Waals surface area contributed by atoms with Crippen LogP contribution in [0.5, 0.6) is 5.75 Å². The molecule has 1 heterocycles. The smallest absolute Gasteiger partial charge is 0.337 e. The van der Waals surface area contributed by atoms with Gasteiger partial charge in [-0.3, -0.25) is 14.2 Å². The van der Waals surface area contributed by atoms with Crippen molar-refractivity contribution in [3.05, 3.63) is 92.9 Å². The lowest BCUT2D eigenvalue weighted by atomic mass is 10.0. The Bertz CT molecular complexity index is 1220. The minimum atomic E-state index is -1.26. The van der Waals surface area contributed by atoms with E-state index in [4.69, 9.17) is 0 Å². The SMILES string of the molecule is Cc1ccc(O)c(C(=O)c2cc(C#N)c(=O)n(-c3ccccc3C(=O)O)c2)c1. The largest absolute Gasteiger partial charge is 0.507 e. The first-order valence-electron chi connectivity index (χ1n) is 8.17. The lowest BCUT2D eigenvalue weighted by Crippen LogP contribution is -2.24.